The molecule has 0 spiro atoms. The number of hydrogen-bond donors (Lipinski definition) is 0. The molecule has 3 aromatic carbocycles. The molecule has 1 atom stereocenters. The van der Waals surface area contributed by atoms with E-state index in [1.807, 2.05) is 32.0 Å². The van der Waals surface area contributed by atoms with Gasteiger partial charge in [0, 0.05) is 24.7 Å². The minimum atomic E-state index is -4.79. The van der Waals surface area contributed by atoms with Crippen LogP contribution in [0.1, 0.15) is 70.1 Å². The number of rotatable bonds is 12. The molecular formula is C33H37F6NO2. The Balaban J connectivity index is 2.09. The van der Waals surface area contributed by atoms with E-state index in [1.165, 1.54) is 24.3 Å². The summed E-state index contributed by atoms with van der Waals surface area (Å²) in [6, 6.07) is 16.3. The highest BCUT2D eigenvalue weighted by Gasteiger charge is 2.31. The predicted octanol–water partition coefficient (Wildman–Crippen LogP) is 10.0. The van der Waals surface area contributed by atoms with E-state index in [0.29, 0.717) is 36.6 Å². The van der Waals surface area contributed by atoms with E-state index in [1.54, 1.807) is 19.1 Å². The van der Waals surface area contributed by atoms with Crippen molar-refractivity contribution in [2.75, 3.05) is 11.4 Å². The average molecular weight is 594 g/mol. The fraction of sp³-hybridized carbons (Fsp3) is 0.424. The summed E-state index contributed by atoms with van der Waals surface area (Å²) < 4.78 is 81.6. The summed E-state index contributed by atoms with van der Waals surface area (Å²) in [7, 11) is 0. The predicted molar refractivity (Wildman–Crippen MR) is 153 cm³/mol. The Morgan fingerprint density at radius 3 is 1.93 bits per heavy atom. The smallest absolute Gasteiger partial charge is 0.406 e. The lowest BCUT2D eigenvalue weighted by Gasteiger charge is -2.28. The Morgan fingerprint density at radius 1 is 0.810 bits per heavy atom. The number of anilines is 1. The molecule has 0 aliphatic rings. The van der Waals surface area contributed by atoms with E-state index >= 15 is 0 Å². The Kier molecular flexibility index (Phi) is 10.7. The van der Waals surface area contributed by atoms with E-state index in [-0.39, 0.29) is 17.5 Å². The third-order valence-corrected chi connectivity index (χ3v) is 6.96. The number of alkyl halides is 6. The monoisotopic (exact) mass is 593 g/mol. The average Bonchev–Trinajstić information content (AvgIpc) is 2.88. The van der Waals surface area contributed by atoms with Gasteiger partial charge in [-0.1, -0.05) is 58.0 Å². The van der Waals surface area contributed by atoms with E-state index in [9.17, 15) is 31.1 Å². The fourth-order valence-electron chi connectivity index (χ4n) is 4.78. The van der Waals surface area contributed by atoms with Crippen LogP contribution in [0.25, 0.3) is 11.1 Å². The zero-order chi connectivity index (χ0) is 31.2. The van der Waals surface area contributed by atoms with Crippen LogP contribution < -0.4 is 9.64 Å². The summed E-state index contributed by atoms with van der Waals surface area (Å²) >= 11 is 0. The van der Waals surface area contributed by atoms with Crippen LogP contribution >= 0.6 is 0 Å². The fourth-order valence-corrected chi connectivity index (χ4v) is 4.78. The zero-order valence-corrected chi connectivity index (χ0v) is 24.4. The number of benzene rings is 3. The minimum absolute atomic E-state index is 0.00629. The number of carbonyl (C=O) groups excluding carboxylic acids is 1. The van der Waals surface area contributed by atoms with Crippen LogP contribution in [0.15, 0.2) is 66.7 Å². The Hall–Kier alpha value is -3.49. The van der Waals surface area contributed by atoms with Crippen molar-refractivity contribution in [3.8, 4) is 16.9 Å². The van der Waals surface area contributed by atoms with Crippen LogP contribution in [-0.2, 0) is 17.5 Å². The number of Topliss-reactive ketones (excluding diaryl/α,β-unsaturated/α-hetero) is 1. The van der Waals surface area contributed by atoms with Gasteiger partial charge < -0.3 is 9.64 Å². The molecule has 3 aromatic rings. The van der Waals surface area contributed by atoms with Crippen LogP contribution in [0.5, 0.6) is 5.75 Å². The molecule has 0 heterocycles. The molecule has 0 saturated heterocycles. The van der Waals surface area contributed by atoms with E-state index in [0.717, 1.165) is 35.4 Å². The quantitative estimate of drug-likeness (QED) is 0.196. The number of carbonyl (C=O) groups is 1. The van der Waals surface area contributed by atoms with Crippen molar-refractivity contribution in [2.24, 2.45) is 11.8 Å². The molecule has 3 nitrogen and oxygen atoms in total. The number of halogens is 6. The van der Waals surface area contributed by atoms with Gasteiger partial charge in [0.1, 0.15) is 11.5 Å². The molecule has 0 aliphatic carbocycles. The molecule has 0 amide bonds. The molecule has 0 aromatic heterocycles. The molecule has 0 aliphatic heterocycles. The minimum Gasteiger partial charge on any atom is -0.406 e. The maximum Gasteiger partial charge on any atom is 0.573 e. The lowest BCUT2D eigenvalue weighted by molar-refractivity contribution is -0.274. The van der Waals surface area contributed by atoms with Gasteiger partial charge in [-0.25, -0.2) is 0 Å². The van der Waals surface area contributed by atoms with Gasteiger partial charge in [-0.3, -0.25) is 4.79 Å². The molecule has 0 unspecified atom stereocenters. The van der Waals surface area contributed by atoms with Crippen LogP contribution in [0.3, 0.4) is 0 Å². The number of nitrogens with zero attached hydrogens (tertiary/aromatic N) is 1. The van der Waals surface area contributed by atoms with Crippen LogP contribution in [0.2, 0.25) is 0 Å². The summed E-state index contributed by atoms with van der Waals surface area (Å²) in [5.74, 6) is -0.133. The highest BCUT2D eigenvalue weighted by atomic mass is 19.4. The van der Waals surface area contributed by atoms with Crippen molar-refractivity contribution in [1.29, 1.82) is 0 Å². The molecule has 3 rings (SSSR count). The van der Waals surface area contributed by atoms with Gasteiger partial charge in [0.15, 0.2) is 0 Å². The second kappa shape index (κ2) is 13.7. The molecule has 228 valence electrons. The Morgan fingerprint density at radius 2 is 1.43 bits per heavy atom. The summed E-state index contributed by atoms with van der Waals surface area (Å²) in [5, 5.41) is 0. The summed E-state index contributed by atoms with van der Waals surface area (Å²) in [5.41, 5.74) is 2.80. The standard InChI is InChI=1S/C33H37F6NO2/c1-21(2)14-15-40(20-24-6-12-30(13-7-24)42-33(37,38)39)29-18-26(25-8-10-28(11-9-25)32(34,35)36)17-27(19-29)31(23(5)41)16-22(3)4/h6-13,17-19,21-22,31H,14-16,20H2,1-5H3/t31-/m0/s1. The molecular weight excluding hydrogens is 556 g/mol. The van der Waals surface area contributed by atoms with Crippen LogP contribution in [0.4, 0.5) is 32.0 Å². The molecule has 42 heavy (non-hydrogen) atoms. The van der Waals surface area contributed by atoms with Gasteiger partial charge in [-0.15, -0.1) is 13.2 Å². The topological polar surface area (TPSA) is 29.5 Å². The molecule has 0 fully saturated rings. The van der Waals surface area contributed by atoms with Crippen molar-refractivity contribution in [3.05, 3.63) is 83.4 Å². The van der Waals surface area contributed by atoms with Gasteiger partial charge in [0.25, 0.3) is 0 Å². The SMILES string of the molecule is CC(=O)[C@H](CC(C)C)c1cc(-c2ccc(C(F)(F)F)cc2)cc(N(CCC(C)C)Cc2ccc(OC(F)(F)F)cc2)c1. The first kappa shape index (κ1) is 33.0. The molecule has 0 radical (unpaired) electrons. The highest BCUT2D eigenvalue weighted by molar-refractivity contribution is 5.85. The first-order chi connectivity index (χ1) is 19.5. The molecule has 0 N–H and O–H groups in total. The third kappa shape index (κ3) is 9.81. The summed E-state index contributed by atoms with van der Waals surface area (Å²) in [6.07, 6.45) is -7.82. The molecule has 9 heteroatoms. The second-order valence-electron chi connectivity index (χ2n) is 11.5. The number of ketones is 1. The molecule has 0 saturated carbocycles. The van der Waals surface area contributed by atoms with Crippen molar-refractivity contribution in [1.82, 2.24) is 0 Å². The van der Waals surface area contributed by atoms with Crippen molar-refractivity contribution < 1.29 is 35.9 Å². The largest absolute Gasteiger partial charge is 0.573 e. The first-order valence-corrected chi connectivity index (χ1v) is 13.9. The van der Waals surface area contributed by atoms with E-state index in [4.69, 9.17) is 0 Å². The van der Waals surface area contributed by atoms with Crippen LogP contribution in [-0.4, -0.2) is 18.7 Å². The third-order valence-electron chi connectivity index (χ3n) is 6.96. The maximum atomic E-state index is 13.2. The highest BCUT2D eigenvalue weighted by Crippen LogP contribution is 2.36. The Labute approximate surface area is 243 Å². The van der Waals surface area contributed by atoms with Crippen molar-refractivity contribution in [3.63, 3.8) is 0 Å². The van der Waals surface area contributed by atoms with Crippen molar-refractivity contribution in [2.45, 2.75) is 72.5 Å². The van der Waals surface area contributed by atoms with Crippen molar-refractivity contribution >= 4 is 11.5 Å². The lowest BCUT2D eigenvalue weighted by atomic mass is 9.85. The first-order valence-electron chi connectivity index (χ1n) is 13.9. The number of hydrogen-bond acceptors (Lipinski definition) is 3. The normalized spacial score (nSPS) is 13.0. The summed E-state index contributed by atoms with van der Waals surface area (Å²) in [4.78, 5) is 14.9. The van der Waals surface area contributed by atoms with Gasteiger partial charge in [-0.2, -0.15) is 13.2 Å². The van der Waals surface area contributed by atoms with Gasteiger partial charge in [-0.05, 0) is 90.3 Å². The Bertz CT molecular complexity index is 1310. The summed E-state index contributed by atoms with van der Waals surface area (Å²) in [6.45, 7) is 10.7. The number of ether oxygens (including phenoxy) is 1. The van der Waals surface area contributed by atoms with Gasteiger partial charge in [0.2, 0.25) is 0 Å². The van der Waals surface area contributed by atoms with Crippen LogP contribution in [0, 0.1) is 11.8 Å². The molecule has 0 bridgehead atoms. The lowest BCUT2D eigenvalue weighted by Crippen LogP contribution is -2.25. The van der Waals surface area contributed by atoms with E-state index in [2.05, 4.69) is 23.5 Å². The van der Waals surface area contributed by atoms with Gasteiger partial charge in [0.05, 0.1) is 5.56 Å². The van der Waals surface area contributed by atoms with Gasteiger partial charge >= 0.3 is 12.5 Å². The van der Waals surface area contributed by atoms with E-state index < -0.39 is 24.0 Å². The second-order valence-corrected chi connectivity index (χ2v) is 11.5. The maximum absolute atomic E-state index is 13.2. The zero-order valence-electron chi connectivity index (χ0n) is 24.4.